The maximum absolute atomic E-state index is 5.38. The first-order valence-electron chi connectivity index (χ1n) is 6.34. The maximum atomic E-state index is 5.38. The van der Waals surface area contributed by atoms with Crippen molar-refractivity contribution in [3.63, 3.8) is 0 Å². The summed E-state index contributed by atoms with van der Waals surface area (Å²) in [6.45, 7) is 8.87. The first kappa shape index (κ1) is 13.9. The third-order valence-corrected chi connectivity index (χ3v) is 3.01. The Morgan fingerprint density at radius 3 is 2.24 bits per heavy atom. The van der Waals surface area contributed by atoms with Crippen molar-refractivity contribution in [1.82, 2.24) is 0 Å². The van der Waals surface area contributed by atoms with Crippen molar-refractivity contribution < 1.29 is 4.74 Å². The Balaban J connectivity index is 3.04. The average molecular weight is 235 g/mol. The van der Waals surface area contributed by atoms with E-state index in [-0.39, 0.29) is 0 Å². The molecule has 0 fully saturated rings. The second-order valence-electron chi connectivity index (χ2n) is 5.34. The molecule has 1 aromatic carbocycles. The highest BCUT2D eigenvalue weighted by Gasteiger charge is 2.09. The first-order chi connectivity index (χ1) is 7.93. The molecule has 96 valence electrons. The van der Waals surface area contributed by atoms with Gasteiger partial charge in [0.25, 0.3) is 0 Å². The van der Waals surface area contributed by atoms with Crippen molar-refractivity contribution in [3.05, 3.63) is 23.8 Å². The molecule has 1 aromatic rings. The molecule has 0 amide bonds. The second kappa shape index (κ2) is 5.95. The molecule has 0 heterocycles. The van der Waals surface area contributed by atoms with Gasteiger partial charge in [0.1, 0.15) is 5.75 Å². The maximum Gasteiger partial charge on any atom is 0.121 e. The standard InChI is InChI=1S/C15H25NO/c1-11(2)7-13-8-14(16(5)12(3)4)10-15(9-13)17-6/h8-12H,7H2,1-6H3. The minimum Gasteiger partial charge on any atom is -0.497 e. The largest absolute Gasteiger partial charge is 0.497 e. The van der Waals surface area contributed by atoms with Crippen LogP contribution in [0.5, 0.6) is 5.75 Å². The third kappa shape index (κ3) is 3.95. The summed E-state index contributed by atoms with van der Waals surface area (Å²) < 4.78 is 5.38. The van der Waals surface area contributed by atoms with Gasteiger partial charge in [-0.1, -0.05) is 13.8 Å². The Hall–Kier alpha value is -1.18. The fraction of sp³-hybridized carbons (Fsp3) is 0.600. The molecule has 0 aromatic heterocycles. The molecule has 1 rings (SSSR count). The number of ether oxygens (including phenoxy) is 1. The van der Waals surface area contributed by atoms with Crippen LogP contribution >= 0.6 is 0 Å². The molecule has 0 radical (unpaired) electrons. The third-order valence-electron chi connectivity index (χ3n) is 3.01. The SMILES string of the molecule is COc1cc(CC(C)C)cc(N(C)C(C)C)c1. The highest BCUT2D eigenvalue weighted by atomic mass is 16.5. The molecule has 0 spiro atoms. The Morgan fingerprint density at radius 1 is 1.12 bits per heavy atom. The smallest absolute Gasteiger partial charge is 0.121 e. The molecule has 0 bridgehead atoms. The van der Waals surface area contributed by atoms with E-state index in [0.29, 0.717) is 12.0 Å². The molecule has 2 nitrogen and oxygen atoms in total. The van der Waals surface area contributed by atoms with Gasteiger partial charge >= 0.3 is 0 Å². The first-order valence-corrected chi connectivity index (χ1v) is 6.34. The van der Waals surface area contributed by atoms with E-state index in [1.165, 1.54) is 11.3 Å². The highest BCUT2D eigenvalue weighted by molar-refractivity contribution is 5.53. The molecule has 0 aliphatic heterocycles. The normalized spacial score (nSPS) is 11.1. The molecule has 0 aliphatic carbocycles. The number of methoxy groups -OCH3 is 1. The van der Waals surface area contributed by atoms with Gasteiger partial charge in [-0.25, -0.2) is 0 Å². The van der Waals surface area contributed by atoms with Gasteiger partial charge in [-0.2, -0.15) is 0 Å². The fourth-order valence-corrected chi connectivity index (χ4v) is 1.85. The van der Waals surface area contributed by atoms with Crippen molar-refractivity contribution in [2.24, 2.45) is 5.92 Å². The van der Waals surface area contributed by atoms with E-state index in [2.05, 4.69) is 57.8 Å². The summed E-state index contributed by atoms with van der Waals surface area (Å²) in [4.78, 5) is 2.27. The lowest BCUT2D eigenvalue weighted by Crippen LogP contribution is -2.25. The number of rotatable bonds is 5. The van der Waals surface area contributed by atoms with E-state index in [1.807, 2.05) is 0 Å². The number of anilines is 1. The van der Waals surface area contributed by atoms with E-state index in [9.17, 15) is 0 Å². The monoisotopic (exact) mass is 235 g/mol. The van der Waals surface area contributed by atoms with Gasteiger partial charge in [0.05, 0.1) is 7.11 Å². The molecule has 0 saturated heterocycles. The molecule has 0 saturated carbocycles. The van der Waals surface area contributed by atoms with E-state index < -0.39 is 0 Å². The fourth-order valence-electron chi connectivity index (χ4n) is 1.85. The Kier molecular flexibility index (Phi) is 4.86. The van der Waals surface area contributed by atoms with Crippen LogP contribution in [-0.4, -0.2) is 20.2 Å². The van der Waals surface area contributed by atoms with Crippen molar-refractivity contribution >= 4 is 5.69 Å². The van der Waals surface area contributed by atoms with Crippen molar-refractivity contribution in [3.8, 4) is 5.75 Å². The summed E-state index contributed by atoms with van der Waals surface area (Å²) in [5, 5.41) is 0. The van der Waals surface area contributed by atoms with Gasteiger partial charge in [-0.05, 0) is 43.9 Å². The van der Waals surface area contributed by atoms with E-state index in [0.717, 1.165) is 12.2 Å². The molecule has 2 heteroatoms. The Labute approximate surface area is 106 Å². The summed E-state index contributed by atoms with van der Waals surface area (Å²) in [5.74, 6) is 1.62. The molecule has 0 N–H and O–H groups in total. The number of nitrogens with zero attached hydrogens (tertiary/aromatic N) is 1. The van der Waals surface area contributed by atoms with Gasteiger partial charge < -0.3 is 9.64 Å². The van der Waals surface area contributed by atoms with Crippen molar-refractivity contribution in [2.45, 2.75) is 40.2 Å². The summed E-state index contributed by atoms with van der Waals surface area (Å²) in [5.41, 5.74) is 2.58. The van der Waals surface area contributed by atoms with Crippen LogP contribution in [0.3, 0.4) is 0 Å². The summed E-state index contributed by atoms with van der Waals surface area (Å²) in [6.07, 6.45) is 1.09. The van der Waals surface area contributed by atoms with E-state index in [4.69, 9.17) is 4.74 Å². The number of benzene rings is 1. The quantitative estimate of drug-likeness (QED) is 0.771. The molecular formula is C15H25NO. The highest BCUT2D eigenvalue weighted by Crippen LogP contribution is 2.26. The Bertz CT molecular complexity index is 358. The van der Waals surface area contributed by atoms with Crippen LogP contribution < -0.4 is 9.64 Å². The summed E-state index contributed by atoms with van der Waals surface area (Å²) >= 11 is 0. The predicted octanol–water partition coefficient (Wildman–Crippen LogP) is 3.74. The van der Waals surface area contributed by atoms with Gasteiger partial charge in [-0.3, -0.25) is 0 Å². The van der Waals surface area contributed by atoms with Crippen LogP contribution in [0.15, 0.2) is 18.2 Å². The lowest BCUT2D eigenvalue weighted by molar-refractivity contribution is 0.414. The van der Waals surface area contributed by atoms with Crippen molar-refractivity contribution in [2.75, 3.05) is 19.1 Å². The number of hydrogen-bond acceptors (Lipinski definition) is 2. The van der Waals surface area contributed by atoms with Crippen LogP contribution in [-0.2, 0) is 6.42 Å². The van der Waals surface area contributed by atoms with Crippen LogP contribution in [0.2, 0.25) is 0 Å². The topological polar surface area (TPSA) is 12.5 Å². The van der Waals surface area contributed by atoms with Gasteiger partial charge in [0, 0.05) is 24.8 Å². The van der Waals surface area contributed by atoms with Crippen LogP contribution in [0.4, 0.5) is 5.69 Å². The van der Waals surface area contributed by atoms with E-state index >= 15 is 0 Å². The summed E-state index contributed by atoms with van der Waals surface area (Å²) in [6, 6.07) is 7.00. The molecular weight excluding hydrogens is 210 g/mol. The second-order valence-corrected chi connectivity index (χ2v) is 5.34. The summed E-state index contributed by atoms with van der Waals surface area (Å²) in [7, 11) is 3.85. The van der Waals surface area contributed by atoms with Gasteiger partial charge in [-0.15, -0.1) is 0 Å². The molecule has 17 heavy (non-hydrogen) atoms. The zero-order valence-corrected chi connectivity index (χ0v) is 11.9. The Morgan fingerprint density at radius 2 is 1.76 bits per heavy atom. The zero-order chi connectivity index (χ0) is 13.0. The van der Waals surface area contributed by atoms with E-state index in [1.54, 1.807) is 7.11 Å². The molecule has 0 aliphatic rings. The van der Waals surface area contributed by atoms with Crippen LogP contribution in [0.25, 0.3) is 0 Å². The predicted molar refractivity (Wildman–Crippen MR) is 75.1 cm³/mol. The minimum absolute atomic E-state index is 0.494. The lowest BCUT2D eigenvalue weighted by Gasteiger charge is -2.25. The van der Waals surface area contributed by atoms with Gasteiger partial charge in [0.2, 0.25) is 0 Å². The molecule has 0 atom stereocenters. The van der Waals surface area contributed by atoms with Crippen molar-refractivity contribution in [1.29, 1.82) is 0 Å². The lowest BCUT2D eigenvalue weighted by atomic mass is 10.0. The molecule has 0 unspecified atom stereocenters. The van der Waals surface area contributed by atoms with Gasteiger partial charge in [0.15, 0.2) is 0 Å². The van der Waals surface area contributed by atoms with Crippen LogP contribution in [0.1, 0.15) is 33.3 Å². The minimum atomic E-state index is 0.494. The average Bonchev–Trinajstić information content (AvgIpc) is 2.26. The van der Waals surface area contributed by atoms with Crippen LogP contribution in [0, 0.1) is 5.92 Å². The number of hydrogen-bond donors (Lipinski definition) is 0. The zero-order valence-electron chi connectivity index (χ0n) is 11.9.